The highest BCUT2D eigenvalue weighted by molar-refractivity contribution is 6.31. The monoisotopic (exact) mass is 458 g/mol. The molecule has 1 heterocycles. The lowest BCUT2D eigenvalue weighted by molar-refractivity contribution is 0.102. The van der Waals surface area contributed by atoms with Gasteiger partial charge in [-0.1, -0.05) is 41.9 Å². The van der Waals surface area contributed by atoms with E-state index in [2.05, 4.69) is 53.1 Å². The van der Waals surface area contributed by atoms with Gasteiger partial charge in [0.25, 0.3) is 5.91 Å². The van der Waals surface area contributed by atoms with Gasteiger partial charge in [-0.25, -0.2) is 0 Å². The van der Waals surface area contributed by atoms with Crippen molar-refractivity contribution in [1.82, 2.24) is 0 Å². The van der Waals surface area contributed by atoms with E-state index in [4.69, 9.17) is 16.3 Å². The Morgan fingerprint density at radius 1 is 1.03 bits per heavy atom. The van der Waals surface area contributed by atoms with Gasteiger partial charge in [-0.15, -0.1) is 0 Å². The average molecular weight is 459 g/mol. The van der Waals surface area contributed by atoms with E-state index in [9.17, 15) is 4.79 Å². The number of rotatable bonds is 4. The van der Waals surface area contributed by atoms with E-state index in [0.29, 0.717) is 45.8 Å². The van der Waals surface area contributed by atoms with Gasteiger partial charge in [0.1, 0.15) is 5.75 Å². The maximum Gasteiger partial charge on any atom is 0.255 e. The van der Waals surface area contributed by atoms with Crippen LogP contribution in [0.5, 0.6) is 5.75 Å². The summed E-state index contributed by atoms with van der Waals surface area (Å²) < 4.78 is 5.39. The van der Waals surface area contributed by atoms with Crippen molar-refractivity contribution in [2.24, 2.45) is 17.8 Å². The quantitative estimate of drug-likeness (QED) is 0.447. The van der Waals surface area contributed by atoms with Gasteiger partial charge < -0.3 is 15.4 Å². The zero-order valence-corrected chi connectivity index (χ0v) is 19.3. The molecule has 2 fully saturated rings. The van der Waals surface area contributed by atoms with E-state index in [1.54, 1.807) is 25.3 Å². The van der Waals surface area contributed by atoms with E-state index in [0.717, 1.165) is 11.6 Å². The van der Waals surface area contributed by atoms with E-state index in [1.165, 1.54) is 30.4 Å². The molecule has 2 aliphatic carbocycles. The zero-order chi connectivity index (χ0) is 22.5. The summed E-state index contributed by atoms with van der Waals surface area (Å²) in [6.07, 6.45) is 3.92. The van der Waals surface area contributed by atoms with Crippen LogP contribution in [0.2, 0.25) is 5.02 Å². The molecule has 2 N–H and O–H groups in total. The summed E-state index contributed by atoms with van der Waals surface area (Å²) in [5.74, 6) is 2.97. The van der Waals surface area contributed by atoms with Gasteiger partial charge in [0.2, 0.25) is 0 Å². The molecular weight excluding hydrogens is 432 g/mol. The second-order valence-corrected chi connectivity index (χ2v) is 10.0. The molecule has 3 aromatic carbocycles. The minimum absolute atomic E-state index is 0.150. The van der Waals surface area contributed by atoms with Gasteiger partial charge in [-0.05, 0) is 90.5 Å². The fourth-order valence-electron chi connectivity index (χ4n) is 6.59. The number of hydrogen-bond acceptors (Lipinski definition) is 3. The first kappa shape index (κ1) is 20.6. The number of nitrogens with one attached hydrogen (secondary N) is 2. The largest absolute Gasteiger partial charge is 0.495 e. The van der Waals surface area contributed by atoms with Crippen LogP contribution in [0.15, 0.2) is 66.7 Å². The number of anilines is 2. The summed E-state index contributed by atoms with van der Waals surface area (Å²) in [5.41, 5.74) is 5.06. The van der Waals surface area contributed by atoms with E-state index in [-0.39, 0.29) is 5.91 Å². The number of halogens is 1. The molecule has 168 valence electrons. The molecule has 0 spiro atoms. The van der Waals surface area contributed by atoms with Crippen LogP contribution >= 0.6 is 11.6 Å². The third kappa shape index (κ3) is 3.48. The molecule has 1 aliphatic heterocycles. The Bertz CT molecular complexity index is 1210. The van der Waals surface area contributed by atoms with Crippen LogP contribution in [0.4, 0.5) is 11.4 Å². The lowest BCUT2D eigenvalue weighted by Crippen LogP contribution is -2.35. The lowest BCUT2D eigenvalue weighted by atomic mass is 9.68. The van der Waals surface area contributed by atoms with Crippen molar-refractivity contribution in [3.05, 3.63) is 88.4 Å². The Hall–Kier alpha value is -2.98. The highest BCUT2D eigenvalue weighted by atomic mass is 35.5. The second-order valence-electron chi connectivity index (χ2n) is 9.57. The molecule has 1 amide bonds. The summed E-state index contributed by atoms with van der Waals surface area (Å²) >= 11 is 6.14. The number of carbonyl (C=O) groups is 1. The fraction of sp³-hybridized carbons (Fsp3) is 0.321. The molecule has 3 aliphatic rings. The van der Waals surface area contributed by atoms with Crippen molar-refractivity contribution in [1.29, 1.82) is 0 Å². The standard InChI is InChI=1S/C28H27ClN2O2/c1-33-24-12-10-20(29)15-23(24)31-28(32)19-9-11-22-21(14-19)25-17-7-8-18(13-17)26(25)27(30-22)16-5-3-2-4-6-16/h2-6,9-12,14-15,17-18,25-27,30H,7-8,13H2,1H3,(H,31,32)/t17-,18-,25-,26-,27+/m0/s1. The molecule has 0 saturated heterocycles. The second kappa shape index (κ2) is 8.11. The molecular formula is C28H27ClN2O2. The molecule has 3 aromatic rings. The molecule has 2 saturated carbocycles. The first-order valence-electron chi connectivity index (χ1n) is 11.7. The molecule has 4 nitrogen and oxygen atoms in total. The van der Waals surface area contributed by atoms with Gasteiger partial charge in [-0.3, -0.25) is 4.79 Å². The Kier molecular flexibility index (Phi) is 5.06. The van der Waals surface area contributed by atoms with Gasteiger partial charge in [-0.2, -0.15) is 0 Å². The number of hydrogen-bond donors (Lipinski definition) is 2. The number of methoxy groups -OCH3 is 1. The van der Waals surface area contributed by atoms with Crippen molar-refractivity contribution < 1.29 is 9.53 Å². The van der Waals surface area contributed by atoms with Crippen LogP contribution in [-0.4, -0.2) is 13.0 Å². The number of amides is 1. The van der Waals surface area contributed by atoms with Crippen molar-refractivity contribution in [3.8, 4) is 5.75 Å². The Morgan fingerprint density at radius 2 is 1.85 bits per heavy atom. The summed E-state index contributed by atoms with van der Waals surface area (Å²) in [6, 6.07) is 22.5. The number of ether oxygens (including phenoxy) is 1. The van der Waals surface area contributed by atoms with Crippen LogP contribution in [0, 0.1) is 17.8 Å². The Labute approximate surface area is 199 Å². The molecule has 0 radical (unpaired) electrons. The van der Waals surface area contributed by atoms with Crippen LogP contribution in [0.1, 0.15) is 52.7 Å². The summed E-state index contributed by atoms with van der Waals surface area (Å²) in [4.78, 5) is 13.2. The van der Waals surface area contributed by atoms with Gasteiger partial charge in [0, 0.05) is 16.3 Å². The smallest absolute Gasteiger partial charge is 0.255 e. The maximum atomic E-state index is 13.2. The molecule has 33 heavy (non-hydrogen) atoms. The average Bonchev–Trinajstić information content (AvgIpc) is 3.47. The molecule has 6 rings (SSSR count). The SMILES string of the molecule is COc1ccc(Cl)cc1NC(=O)c1ccc2c(c1)[C@@H]1[C@H]3CC[C@@H](C3)[C@@H]1[C@@H](c1ccccc1)N2. The first-order chi connectivity index (χ1) is 16.1. The third-order valence-electron chi connectivity index (χ3n) is 7.92. The van der Waals surface area contributed by atoms with E-state index in [1.807, 2.05) is 6.07 Å². The van der Waals surface area contributed by atoms with Gasteiger partial charge >= 0.3 is 0 Å². The van der Waals surface area contributed by atoms with E-state index < -0.39 is 0 Å². The van der Waals surface area contributed by atoms with Crippen LogP contribution in [0.3, 0.4) is 0 Å². The lowest BCUT2D eigenvalue weighted by Gasteiger charge is -2.43. The summed E-state index contributed by atoms with van der Waals surface area (Å²) in [6.45, 7) is 0. The highest BCUT2D eigenvalue weighted by Crippen LogP contribution is 2.63. The normalized spacial score (nSPS) is 26.8. The molecule has 2 bridgehead atoms. The maximum absolute atomic E-state index is 13.2. The van der Waals surface area contributed by atoms with Crippen molar-refractivity contribution >= 4 is 28.9 Å². The predicted octanol–water partition coefficient (Wildman–Crippen LogP) is 6.90. The minimum atomic E-state index is -0.150. The highest BCUT2D eigenvalue weighted by Gasteiger charge is 2.53. The summed E-state index contributed by atoms with van der Waals surface area (Å²) in [5, 5.41) is 7.38. The molecule has 5 atom stereocenters. The Morgan fingerprint density at radius 3 is 2.67 bits per heavy atom. The van der Waals surface area contributed by atoms with Crippen molar-refractivity contribution in [2.75, 3.05) is 17.7 Å². The topological polar surface area (TPSA) is 50.4 Å². The third-order valence-corrected chi connectivity index (χ3v) is 8.15. The van der Waals surface area contributed by atoms with Crippen LogP contribution < -0.4 is 15.4 Å². The zero-order valence-electron chi connectivity index (χ0n) is 18.6. The fourth-order valence-corrected chi connectivity index (χ4v) is 6.76. The molecule has 5 heteroatoms. The van der Waals surface area contributed by atoms with Crippen molar-refractivity contribution in [3.63, 3.8) is 0 Å². The first-order valence-corrected chi connectivity index (χ1v) is 12.1. The number of fused-ring (bicyclic) bond motifs is 7. The molecule has 0 unspecified atom stereocenters. The van der Waals surface area contributed by atoms with Crippen LogP contribution in [0.25, 0.3) is 0 Å². The summed E-state index contributed by atoms with van der Waals surface area (Å²) in [7, 11) is 1.59. The van der Waals surface area contributed by atoms with Crippen LogP contribution in [-0.2, 0) is 0 Å². The number of benzene rings is 3. The number of carbonyl (C=O) groups excluding carboxylic acids is 1. The van der Waals surface area contributed by atoms with Crippen molar-refractivity contribution in [2.45, 2.75) is 31.2 Å². The minimum Gasteiger partial charge on any atom is -0.495 e. The Balaban J connectivity index is 1.34. The van der Waals surface area contributed by atoms with Gasteiger partial charge in [0.15, 0.2) is 0 Å². The predicted molar refractivity (Wildman–Crippen MR) is 132 cm³/mol. The van der Waals surface area contributed by atoms with Gasteiger partial charge in [0.05, 0.1) is 18.8 Å². The van der Waals surface area contributed by atoms with E-state index >= 15 is 0 Å². The molecule has 0 aromatic heterocycles.